The molecule has 1 amide bonds. The predicted octanol–water partition coefficient (Wildman–Crippen LogP) is 3.95. The summed E-state index contributed by atoms with van der Waals surface area (Å²) in [6.07, 6.45) is 15.6. The molecule has 4 nitrogen and oxygen atoms in total. The number of aromatic amines is 1. The Morgan fingerprint density at radius 1 is 1.10 bits per heavy atom. The number of rotatable bonds is 12. The maximum Gasteiger partial charge on any atom is 0.220 e. The normalized spacial score (nSPS) is 10.7. The van der Waals surface area contributed by atoms with E-state index in [0.29, 0.717) is 13.0 Å². The Hall–Kier alpha value is -1.32. The van der Waals surface area contributed by atoms with E-state index in [1.54, 1.807) is 12.4 Å². The monoisotopic (exact) mass is 279 g/mol. The summed E-state index contributed by atoms with van der Waals surface area (Å²) in [6, 6.07) is 0. The van der Waals surface area contributed by atoms with Crippen molar-refractivity contribution in [3.63, 3.8) is 0 Å². The van der Waals surface area contributed by atoms with E-state index in [1.165, 1.54) is 51.4 Å². The average molecular weight is 279 g/mol. The molecule has 2 N–H and O–H groups in total. The van der Waals surface area contributed by atoms with Crippen LogP contribution in [0.4, 0.5) is 0 Å². The molecule has 0 fully saturated rings. The highest BCUT2D eigenvalue weighted by Gasteiger charge is 2.02. The van der Waals surface area contributed by atoms with Crippen LogP contribution in [0.15, 0.2) is 12.4 Å². The number of nitrogens with one attached hydrogen (secondary N) is 2. The predicted molar refractivity (Wildman–Crippen MR) is 82.3 cm³/mol. The molecular formula is C16H29N3O. The number of hydrogen-bond donors (Lipinski definition) is 2. The van der Waals surface area contributed by atoms with E-state index in [4.69, 9.17) is 0 Å². The van der Waals surface area contributed by atoms with Crippen molar-refractivity contribution in [2.75, 3.05) is 0 Å². The van der Waals surface area contributed by atoms with Crippen molar-refractivity contribution < 1.29 is 4.79 Å². The highest BCUT2D eigenvalue weighted by molar-refractivity contribution is 5.75. The number of carbonyl (C=O) groups is 1. The summed E-state index contributed by atoms with van der Waals surface area (Å²) < 4.78 is 0. The third-order valence-electron chi connectivity index (χ3n) is 3.52. The Bertz CT molecular complexity index is 336. The highest BCUT2D eigenvalue weighted by Crippen LogP contribution is 2.10. The Labute approximate surface area is 122 Å². The minimum absolute atomic E-state index is 0.129. The Balaban J connectivity index is 1.84. The van der Waals surface area contributed by atoms with Crippen molar-refractivity contribution in [2.45, 2.75) is 77.7 Å². The quantitative estimate of drug-likeness (QED) is 0.569. The fourth-order valence-electron chi connectivity index (χ4n) is 2.26. The number of carbonyl (C=O) groups excluding carboxylic acids is 1. The summed E-state index contributed by atoms with van der Waals surface area (Å²) in [4.78, 5) is 18.6. The molecular weight excluding hydrogens is 250 g/mol. The van der Waals surface area contributed by atoms with Gasteiger partial charge in [0.1, 0.15) is 5.82 Å². The first-order chi connectivity index (χ1) is 9.83. The van der Waals surface area contributed by atoms with Gasteiger partial charge in [-0.15, -0.1) is 0 Å². The van der Waals surface area contributed by atoms with Gasteiger partial charge in [0.25, 0.3) is 0 Å². The Kier molecular flexibility index (Phi) is 9.62. The summed E-state index contributed by atoms with van der Waals surface area (Å²) in [5.74, 6) is 0.940. The van der Waals surface area contributed by atoms with Gasteiger partial charge >= 0.3 is 0 Å². The minimum Gasteiger partial charge on any atom is -0.349 e. The molecule has 0 saturated heterocycles. The molecule has 0 spiro atoms. The van der Waals surface area contributed by atoms with E-state index < -0.39 is 0 Å². The van der Waals surface area contributed by atoms with E-state index in [-0.39, 0.29) is 5.91 Å². The van der Waals surface area contributed by atoms with E-state index in [0.717, 1.165) is 12.2 Å². The molecule has 0 radical (unpaired) electrons. The van der Waals surface area contributed by atoms with Crippen molar-refractivity contribution >= 4 is 5.91 Å². The van der Waals surface area contributed by atoms with Crippen LogP contribution in [-0.2, 0) is 11.3 Å². The summed E-state index contributed by atoms with van der Waals surface area (Å²) in [5.41, 5.74) is 0. The molecule has 4 heteroatoms. The number of imidazole rings is 1. The summed E-state index contributed by atoms with van der Waals surface area (Å²) >= 11 is 0. The van der Waals surface area contributed by atoms with Crippen molar-refractivity contribution in [2.24, 2.45) is 0 Å². The Morgan fingerprint density at radius 2 is 1.75 bits per heavy atom. The topological polar surface area (TPSA) is 57.8 Å². The fourth-order valence-corrected chi connectivity index (χ4v) is 2.26. The van der Waals surface area contributed by atoms with Crippen LogP contribution in [0, 0.1) is 0 Å². The third-order valence-corrected chi connectivity index (χ3v) is 3.52. The maximum absolute atomic E-state index is 11.6. The molecule has 0 bridgehead atoms. The van der Waals surface area contributed by atoms with Crippen molar-refractivity contribution in [3.8, 4) is 0 Å². The van der Waals surface area contributed by atoms with Crippen LogP contribution in [0.3, 0.4) is 0 Å². The summed E-state index contributed by atoms with van der Waals surface area (Å²) in [6.45, 7) is 2.75. The van der Waals surface area contributed by atoms with Gasteiger partial charge in [0.15, 0.2) is 0 Å². The Morgan fingerprint density at radius 3 is 2.35 bits per heavy atom. The number of hydrogen-bond acceptors (Lipinski definition) is 2. The lowest BCUT2D eigenvalue weighted by Gasteiger charge is -2.04. The van der Waals surface area contributed by atoms with E-state index >= 15 is 0 Å². The SMILES string of the molecule is CCCCCCCCCCCC(=O)NCc1ncc[nH]1. The van der Waals surface area contributed by atoms with Gasteiger partial charge in [-0.3, -0.25) is 4.79 Å². The second-order valence-corrected chi connectivity index (χ2v) is 5.39. The van der Waals surface area contributed by atoms with E-state index in [9.17, 15) is 4.79 Å². The second kappa shape index (κ2) is 11.5. The van der Waals surface area contributed by atoms with Crippen LogP contribution in [0.25, 0.3) is 0 Å². The molecule has 0 saturated carbocycles. The van der Waals surface area contributed by atoms with Crippen LogP contribution in [0.1, 0.15) is 77.0 Å². The van der Waals surface area contributed by atoms with Gasteiger partial charge in [-0.1, -0.05) is 58.3 Å². The first-order valence-electron chi connectivity index (χ1n) is 8.08. The van der Waals surface area contributed by atoms with Crippen molar-refractivity contribution in [1.82, 2.24) is 15.3 Å². The number of unbranched alkanes of at least 4 members (excludes halogenated alkanes) is 8. The van der Waals surface area contributed by atoms with Gasteiger partial charge in [-0.25, -0.2) is 4.98 Å². The lowest BCUT2D eigenvalue weighted by Crippen LogP contribution is -2.22. The minimum atomic E-state index is 0.129. The first-order valence-corrected chi connectivity index (χ1v) is 8.08. The zero-order valence-corrected chi connectivity index (χ0v) is 12.8. The zero-order valence-electron chi connectivity index (χ0n) is 12.8. The molecule has 114 valence electrons. The number of H-pyrrole nitrogens is 1. The highest BCUT2D eigenvalue weighted by atomic mass is 16.1. The lowest BCUT2D eigenvalue weighted by molar-refractivity contribution is -0.121. The molecule has 1 heterocycles. The summed E-state index contributed by atoms with van der Waals surface area (Å²) in [7, 11) is 0. The van der Waals surface area contributed by atoms with E-state index in [1.807, 2.05) is 0 Å². The molecule has 0 atom stereocenters. The molecule has 0 aliphatic carbocycles. The first kappa shape index (κ1) is 16.7. The molecule has 0 aromatic carbocycles. The van der Waals surface area contributed by atoms with Gasteiger partial charge in [0.2, 0.25) is 5.91 Å². The molecule has 1 aromatic heterocycles. The van der Waals surface area contributed by atoms with Crippen LogP contribution in [-0.4, -0.2) is 15.9 Å². The molecule has 0 unspecified atom stereocenters. The van der Waals surface area contributed by atoms with Gasteiger partial charge in [-0.2, -0.15) is 0 Å². The zero-order chi connectivity index (χ0) is 14.5. The fraction of sp³-hybridized carbons (Fsp3) is 0.750. The van der Waals surface area contributed by atoms with Gasteiger partial charge in [0, 0.05) is 18.8 Å². The number of amides is 1. The molecule has 1 aromatic rings. The smallest absolute Gasteiger partial charge is 0.220 e. The standard InChI is InChI=1S/C16H29N3O/c1-2-3-4-5-6-7-8-9-10-11-16(20)19-14-15-17-12-13-18-15/h12-13H,2-11,14H2,1H3,(H,17,18)(H,19,20). The number of aromatic nitrogens is 2. The molecule has 0 aliphatic rings. The molecule has 20 heavy (non-hydrogen) atoms. The average Bonchev–Trinajstić information content (AvgIpc) is 2.96. The number of nitrogens with zero attached hydrogens (tertiary/aromatic N) is 1. The van der Waals surface area contributed by atoms with Gasteiger partial charge in [0.05, 0.1) is 6.54 Å². The second-order valence-electron chi connectivity index (χ2n) is 5.39. The lowest BCUT2D eigenvalue weighted by atomic mass is 10.1. The van der Waals surface area contributed by atoms with Gasteiger partial charge in [-0.05, 0) is 6.42 Å². The van der Waals surface area contributed by atoms with Crippen LogP contribution < -0.4 is 5.32 Å². The van der Waals surface area contributed by atoms with Gasteiger partial charge < -0.3 is 10.3 Å². The largest absolute Gasteiger partial charge is 0.349 e. The van der Waals surface area contributed by atoms with Crippen molar-refractivity contribution in [3.05, 3.63) is 18.2 Å². The summed E-state index contributed by atoms with van der Waals surface area (Å²) in [5, 5.41) is 2.88. The van der Waals surface area contributed by atoms with Crippen LogP contribution in [0.5, 0.6) is 0 Å². The third kappa shape index (κ3) is 8.73. The maximum atomic E-state index is 11.6. The molecule has 1 rings (SSSR count). The van der Waals surface area contributed by atoms with Crippen LogP contribution in [0.2, 0.25) is 0 Å². The van der Waals surface area contributed by atoms with Crippen molar-refractivity contribution in [1.29, 1.82) is 0 Å². The molecule has 0 aliphatic heterocycles. The van der Waals surface area contributed by atoms with Crippen LogP contribution >= 0.6 is 0 Å². The van der Waals surface area contributed by atoms with E-state index in [2.05, 4.69) is 22.2 Å².